The summed E-state index contributed by atoms with van der Waals surface area (Å²) in [5.74, 6) is 0. The number of hydrogen-bond donors (Lipinski definition) is 0. The van der Waals surface area contributed by atoms with Crippen LogP contribution in [0.1, 0.15) is 6.92 Å². The lowest BCUT2D eigenvalue weighted by atomic mass is 10.2. The Kier molecular flexibility index (Phi) is 2.02. The minimum absolute atomic E-state index is 1.23. The van der Waals surface area contributed by atoms with Gasteiger partial charge in [-0.15, -0.1) is 0 Å². The van der Waals surface area contributed by atoms with Crippen LogP contribution in [0, 0.1) is 0 Å². The first-order chi connectivity index (χ1) is 4.39. The SMILES string of the molecule is CC1=CC=N/C=C\C=C1. The molecule has 1 nitrogen and oxygen atoms in total. The fraction of sp³-hybridized carbons (Fsp3) is 0.125. The molecule has 1 aliphatic rings. The summed E-state index contributed by atoms with van der Waals surface area (Å²) in [5.41, 5.74) is 1.23. The maximum atomic E-state index is 3.95. The first-order valence-electron chi connectivity index (χ1n) is 2.93. The molecule has 0 spiro atoms. The summed E-state index contributed by atoms with van der Waals surface area (Å²) in [5, 5.41) is 0. The van der Waals surface area contributed by atoms with E-state index in [1.807, 2.05) is 31.2 Å². The Hall–Kier alpha value is -1.11. The van der Waals surface area contributed by atoms with Crippen LogP contribution in [0.3, 0.4) is 0 Å². The molecule has 9 heavy (non-hydrogen) atoms. The van der Waals surface area contributed by atoms with Crippen LogP contribution < -0.4 is 0 Å². The van der Waals surface area contributed by atoms with Gasteiger partial charge >= 0.3 is 0 Å². The molecule has 1 aliphatic heterocycles. The third-order valence-electron chi connectivity index (χ3n) is 1.07. The molecule has 1 heterocycles. The molecule has 1 heteroatoms. The second kappa shape index (κ2) is 3.02. The van der Waals surface area contributed by atoms with E-state index >= 15 is 0 Å². The second-order valence-corrected chi connectivity index (χ2v) is 1.91. The van der Waals surface area contributed by atoms with Crippen LogP contribution >= 0.6 is 0 Å². The smallest absolute Gasteiger partial charge is 0.0270 e. The summed E-state index contributed by atoms with van der Waals surface area (Å²) in [6.45, 7) is 2.04. The van der Waals surface area contributed by atoms with Crippen LogP contribution in [0.2, 0.25) is 0 Å². The quantitative estimate of drug-likeness (QED) is 0.463. The average Bonchev–Trinajstić information content (AvgIpc) is 1.79. The first-order valence-corrected chi connectivity index (χ1v) is 2.93. The number of nitrogens with zero attached hydrogens (tertiary/aromatic N) is 1. The lowest BCUT2D eigenvalue weighted by Crippen LogP contribution is -1.71. The summed E-state index contributed by atoms with van der Waals surface area (Å²) in [6.07, 6.45) is 11.5. The molecule has 0 fully saturated rings. The van der Waals surface area contributed by atoms with Crippen molar-refractivity contribution in [2.75, 3.05) is 0 Å². The zero-order valence-electron chi connectivity index (χ0n) is 5.41. The Bertz CT molecular complexity index is 195. The monoisotopic (exact) mass is 119 g/mol. The zero-order chi connectivity index (χ0) is 6.53. The minimum Gasteiger partial charge on any atom is -0.265 e. The van der Waals surface area contributed by atoms with Crippen LogP contribution in [0.4, 0.5) is 0 Å². The first kappa shape index (κ1) is 6.02. The molecule has 46 valence electrons. The van der Waals surface area contributed by atoms with Crippen molar-refractivity contribution in [3.05, 3.63) is 36.1 Å². The van der Waals surface area contributed by atoms with E-state index in [2.05, 4.69) is 4.99 Å². The maximum absolute atomic E-state index is 3.95. The number of rotatable bonds is 0. The van der Waals surface area contributed by atoms with Crippen LogP contribution in [-0.2, 0) is 0 Å². The van der Waals surface area contributed by atoms with Crippen LogP contribution in [0.25, 0.3) is 0 Å². The fourth-order valence-corrected chi connectivity index (χ4v) is 0.573. The van der Waals surface area contributed by atoms with Crippen LogP contribution in [-0.4, -0.2) is 6.21 Å². The highest BCUT2D eigenvalue weighted by Gasteiger charge is 1.77. The highest BCUT2D eigenvalue weighted by atomic mass is 14.7. The van der Waals surface area contributed by atoms with Crippen molar-refractivity contribution in [2.45, 2.75) is 6.92 Å². The zero-order valence-corrected chi connectivity index (χ0v) is 5.41. The van der Waals surface area contributed by atoms with Gasteiger partial charge in [0.1, 0.15) is 0 Å². The molecule has 0 saturated carbocycles. The summed E-state index contributed by atoms with van der Waals surface area (Å²) in [4.78, 5) is 3.95. The Balaban J connectivity index is 2.77. The van der Waals surface area contributed by atoms with Crippen molar-refractivity contribution in [1.82, 2.24) is 0 Å². The van der Waals surface area contributed by atoms with Crippen molar-refractivity contribution >= 4 is 6.21 Å². The number of allylic oxidation sites excluding steroid dienone is 5. The Morgan fingerprint density at radius 3 is 3.11 bits per heavy atom. The fourth-order valence-electron chi connectivity index (χ4n) is 0.573. The minimum atomic E-state index is 1.23. The molecule has 0 radical (unpaired) electrons. The molecule has 0 saturated heterocycles. The topological polar surface area (TPSA) is 12.4 Å². The molecular formula is C8H9N. The summed E-state index contributed by atoms with van der Waals surface area (Å²) < 4.78 is 0. The highest BCUT2D eigenvalue weighted by Crippen LogP contribution is 1.95. The van der Waals surface area contributed by atoms with Crippen molar-refractivity contribution in [3.8, 4) is 0 Å². The third kappa shape index (κ3) is 2.08. The lowest BCUT2D eigenvalue weighted by Gasteiger charge is -1.87. The summed E-state index contributed by atoms with van der Waals surface area (Å²) >= 11 is 0. The van der Waals surface area contributed by atoms with E-state index in [1.165, 1.54) is 5.57 Å². The van der Waals surface area contributed by atoms with E-state index < -0.39 is 0 Å². The third-order valence-corrected chi connectivity index (χ3v) is 1.07. The molecule has 0 aliphatic carbocycles. The van der Waals surface area contributed by atoms with E-state index in [0.717, 1.165) is 0 Å². The van der Waals surface area contributed by atoms with Gasteiger partial charge < -0.3 is 0 Å². The molecule has 1 rings (SSSR count). The van der Waals surface area contributed by atoms with E-state index in [9.17, 15) is 0 Å². The molecule has 0 N–H and O–H groups in total. The van der Waals surface area contributed by atoms with Gasteiger partial charge in [-0.2, -0.15) is 0 Å². The van der Waals surface area contributed by atoms with Gasteiger partial charge in [0.25, 0.3) is 0 Å². The standard InChI is InChI=1S/C8H9N/c1-8-4-2-3-6-9-7-5-8/h2-7H,1H3/b3-2?,4-2?,6-3-,7-5?,8-4?,8-5?,9-6?,9-7?. The van der Waals surface area contributed by atoms with Crippen molar-refractivity contribution in [1.29, 1.82) is 0 Å². The molecule has 0 atom stereocenters. The molecular weight excluding hydrogens is 110 g/mol. The van der Waals surface area contributed by atoms with Gasteiger partial charge in [-0.05, 0) is 24.6 Å². The number of hydrogen-bond acceptors (Lipinski definition) is 1. The van der Waals surface area contributed by atoms with Crippen molar-refractivity contribution in [2.24, 2.45) is 4.99 Å². The van der Waals surface area contributed by atoms with Gasteiger partial charge in [-0.25, -0.2) is 0 Å². The number of aliphatic imine (C=N–C) groups is 1. The van der Waals surface area contributed by atoms with Gasteiger partial charge in [-0.1, -0.05) is 12.2 Å². The molecule has 0 bridgehead atoms. The van der Waals surface area contributed by atoms with Crippen LogP contribution in [0.5, 0.6) is 0 Å². The van der Waals surface area contributed by atoms with Gasteiger partial charge in [0.15, 0.2) is 0 Å². The normalized spacial score (nSPS) is 20.3. The lowest BCUT2D eigenvalue weighted by molar-refractivity contribution is 1.50. The Labute approximate surface area is 55.1 Å². The molecule has 0 aromatic rings. The van der Waals surface area contributed by atoms with Gasteiger partial charge in [0, 0.05) is 12.4 Å². The van der Waals surface area contributed by atoms with Gasteiger partial charge in [-0.3, -0.25) is 4.99 Å². The molecule has 0 unspecified atom stereocenters. The van der Waals surface area contributed by atoms with Crippen molar-refractivity contribution in [3.63, 3.8) is 0 Å². The van der Waals surface area contributed by atoms with E-state index in [1.54, 1.807) is 12.4 Å². The Morgan fingerprint density at radius 1 is 1.33 bits per heavy atom. The van der Waals surface area contributed by atoms with Gasteiger partial charge in [0.05, 0.1) is 0 Å². The summed E-state index contributed by atoms with van der Waals surface area (Å²) in [7, 11) is 0. The van der Waals surface area contributed by atoms with Crippen LogP contribution in [0.15, 0.2) is 41.1 Å². The molecule has 0 aromatic heterocycles. The largest absolute Gasteiger partial charge is 0.265 e. The highest BCUT2D eigenvalue weighted by molar-refractivity contribution is 5.73. The molecule has 0 amide bonds. The predicted molar refractivity (Wildman–Crippen MR) is 40.5 cm³/mol. The van der Waals surface area contributed by atoms with E-state index in [-0.39, 0.29) is 0 Å². The Morgan fingerprint density at radius 2 is 2.22 bits per heavy atom. The maximum Gasteiger partial charge on any atom is 0.0270 e. The average molecular weight is 119 g/mol. The summed E-state index contributed by atoms with van der Waals surface area (Å²) in [6, 6.07) is 0. The molecule has 0 aromatic carbocycles. The van der Waals surface area contributed by atoms with E-state index in [0.29, 0.717) is 0 Å². The van der Waals surface area contributed by atoms with E-state index in [4.69, 9.17) is 0 Å². The van der Waals surface area contributed by atoms with Gasteiger partial charge in [0.2, 0.25) is 0 Å². The second-order valence-electron chi connectivity index (χ2n) is 1.91. The van der Waals surface area contributed by atoms with Crippen molar-refractivity contribution < 1.29 is 0 Å². The predicted octanol–water partition coefficient (Wildman–Crippen LogP) is 2.09.